The summed E-state index contributed by atoms with van der Waals surface area (Å²) in [5, 5.41) is 7.77. The van der Waals surface area contributed by atoms with E-state index >= 15 is 0 Å². The third-order valence-electron chi connectivity index (χ3n) is 3.41. The van der Waals surface area contributed by atoms with Crippen molar-refractivity contribution in [1.82, 2.24) is 15.1 Å². The Hall–Kier alpha value is -1.33. The second-order valence-electron chi connectivity index (χ2n) is 4.68. The molecule has 0 atom stereocenters. The van der Waals surface area contributed by atoms with Crippen LogP contribution in [0.2, 0.25) is 0 Å². The molecule has 0 saturated heterocycles. The number of nitrogens with one attached hydrogen (secondary N) is 1. The normalized spacial score (nSPS) is 13.4. The molecule has 2 aromatic rings. The lowest BCUT2D eigenvalue weighted by atomic mass is 10.1. The van der Waals surface area contributed by atoms with Gasteiger partial charge in [-0.15, -0.1) is 0 Å². The summed E-state index contributed by atoms with van der Waals surface area (Å²) in [7, 11) is 3.91. The number of hydrogen-bond donors (Lipinski definition) is 1. The summed E-state index contributed by atoms with van der Waals surface area (Å²) in [6.45, 7) is 1.57. The van der Waals surface area contributed by atoms with Crippen molar-refractivity contribution in [3.63, 3.8) is 0 Å². The molecule has 5 heteroatoms. The van der Waals surface area contributed by atoms with Gasteiger partial charge < -0.3 is 10.1 Å². The summed E-state index contributed by atoms with van der Waals surface area (Å²) >= 11 is 3.67. The zero-order valence-electron chi connectivity index (χ0n) is 11.0. The van der Waals surface area contributed by atoms with E-state index in [4.69, 9.17) is 4.74 Å². The van der Waals surface area contributed by atoms with E-state index in [2.05, 4.69) is 38.5 Å². The second kappa shape index (κ2) is 4.98. The van der Waals surface area contributed by atoms with Gasteiger partial charge in [-0.05, 0) is 46.7 Å². The van der Waals surface area contributed by atoms with Crippen molar-refractivity contribution in [3.8, 4) is 17.0 Å². The highest BCUT2D eigenvalue weighted by molar-refractivity contribution is 9.10. The molecule has 0 bridgehead atoms. The van der Waals surface area contributed by atoms with Crippen molar-refractivity contribution in [3.05, 3.63) is 33.9 Å². The van der Waals surface area contributed by atoms with Crippen LogP contribution in [0.4, 0.5) is 0 Å². The Kier molecular flexibility index (Phi) is 3.33. The molecular formula is C14H16BrN3O. The number of aryl methyl sites for hydroxylation is 1. The molecule has 1 aromatic carbocycles. The predicted molar refractivity (Wildman–Crippen MR) is 78.3 cm³/mol. The third kappa shape index (κ3) is 2.17. The molecule has 0 aliphatic carbocycles. The van der Waals surface area contributed by atoms with Gasteiger partial charge in [-0.1, -0.05) is 0 Å². The lowest BCUT2D eigenvalue weighted by molar-refractivity contribution is 0.357. The standard InChI is InChI=1S/C14H16BrN3O/c1-16-8-11-13(15)14(17-18(11)2)10-3-4-12-9(7-10)5-6-19-12/h3-4,7,16H,5-6,8H2,1-2H3. The highest BCUT2D eigenvalue weighted by Crippen LogP contribution is 2.34. The SMILES string of the molecule is CNCc1c(Br)c(-c2ccc3c(c2)CCO3)nn1C. The van der Waals surface area contributed by atoms with Gasteiger partial charge in [0, 0.05) is 25.6 Å². The van der Waals surface area contributed by atoms with Crippen LogP contribution in [0.3, 0.4) is 0 Å². The van der Waals surface area contributed by atoms with Gasteiger partial charge >= 0.3 is 0 Å². The van der Waals surface area contributed by atoms with Crippen molar-refractivity contribution < 1.29 is 4.74 Å². The molecule has 0 saturated carbocycles. The van der Waals surface area contributed by atoms with Crippen molar-refractivity contribution in [2.45, 2.75) is 13.0 Å². The summed E-state index contributed by atoms with van der Waals surface area (Å²) < 4.78 is 8.51. The first-order valence-corrected chi connectivity index (χ1v) is 7.12. The Bertz CT molecular complexity index is 621. The van der Waals surface area contributed by atoms with E-state index in [1.54, 1.807) is 0 Å². The molecule has 0 amide bonds. The number of fused-ring (bicyclic) bond motifs is 1. The molecule has 1 aliphatic heterocycles. The third-order valence-corrected chi connectivity index (χ3v) is 4.24. The maximum Gasteiger partial charge on any atom is 0.122 e. The number of hydrogen-bond acceptors (Lipinski definition) is 3. The Morgan fingerprint density at radius 3 is 3.11 bits per heavy atom. The zero-order valence-corrected chi connectivity index (χ0v) is 12.6. The summed E-state index contributed by atoms with van der Waals surface area (Å²) in [4.78, 5) is 0. The van der Waals surface area contributed by atoms with Gasteiger partial charge in [0.15, 0.2) is 0 Å². The van der Waals surface area contributed by atoms with Crippen LogP contribution in [0, 0.1) is 0 Å². The van der Waals surface area contributed by atoms with E-state index in [9.17, 15) is 0 Å². The number of rotatable bonds is 3. The first-order chi connectivity index (χ1) is 9.20. The maximum absolute atomic E-state index is 5.54. The average Bonchev–Trinajstić information content (AvgIpc) is 2.97. The molecule has 1 N–H and O–H groups in total. The lowest BCUT2D eigenvalue weighted by Crippen LogP contribution is -2.10. The molecule has 4 nitrogen and oxygen atoms in total. The van der Waals surface area contributed by atoms with E-state index in [0.29, 0.717) is 0 Å². The Morgan fingerprint density at radius 2 is 2.32 bits per heavy atom. The first-order valence-electron chi connectivity index (χ1n) is 6.32. The van der Waals surface area contributed by atoms with Crippen LogP contribution in [0.25, 0.3) is 11.3 Å². The highest BCUT2D eigenvalue weighted by Gasteiger charge is 2.18. The average molecular weight is 322 g/mol. The minimum absolute atomic E-state index is 0.785. The molecular weight excluding hydrogens is 306 g/mol. The molecule has 0 fully saturated rings. The molecule has 1 aromatic heterocycles. The number of ether oxygens (including phenoxy) is 1. The molecule has 0 radical (unpaired) electrons. The van der Waals surface area contributed by atoms with Crippen molar-refractivity contribution in [2.75, 3.05) is 13.7 Å². The molecule has 100 valence electrons. The second-order valence-corrected chi connectivity index (χ2v) is 5.48. The fraction of sp³-hybridized carbons (Fsp3) is 0.357. The van der Waals surface area contributed by atoms with Gasteiger partial charge in [0.1, 0.15) is 11.4 Å². The minimum atomic E-state index is 0.785. The van der Waals surface area contributed by atoms with Gasteiger partial charge in [-0.2, -0.15) is 5.10 Å². The van der Waals surface area contributed by atoms with Gasteiger partial charge in [-0.3, -0.25) is 4.68 Å². The van der Waals surface area contributed by atoms with Gasteiger partial charge in [0.25, 0.3) is 0 Å². The lowest BCUT2D eigenvalue weighted by Gasteiger charge is -2.02. The summed E-state index contributed by atoms with van der Waals surface area (Å²) in [6, 6.07) is 6.29. The van der Waals surface area contributed by atoms with Crippen molar-refractivity contribution >= 4 is 15.9 Å². The van der Waals surface area contributed by atoms with Gasteiger partial charge in [-0.25, -0.2) is 0 Å². The predicted octanol–water partition coefficient (Wildman–Crippen LogP) is 2.50. The van der Waals surface area contributed by atoms with Crippen LogP contribution in [-0.4, -0.2) is 23.4 Å². The molecule has 3 rings (SSSR count). The van der Waals surface area contributed by atoms with E-state index in [1.165, 1.54) is 5.56 Å². The van der Waals surface area contributed by atoms with E-state index in [1.807, 2.05) is 24.8 Å². The van der Waals surface area contributed by atoms with Crippen molar-refractivity contribution in [2.24, 2.45) is 7.05 Å². The van der Waals surface area contributed by atoms with Gasteiger partial charge in [0.05, 0.1) is 16.8 Å². The van der Waals surface area contributed by atoms with E-state index < -0.39 is 0 Å². The molecule has 19 heavy (non-hydrogen) atoms. The fourth-order valence-corrected chi connectivity index (χ4v) is 3.12. The molecule has 1 aliphatic rings. The van der Waals surface area contributed by atoms with Gasteiger partial charge in [0.2, 0.25) is 0 Å². The topological polar surface area (TPSA) is 39.1 Å². The fourth-order valence-electron chi connectivity index (χ4n) is 2.41. The summed E-state index contributed by atoms with van der Waals surface area (Å²) in [6.07, 6.45) is 0.983. The number of aromatic nitrogens is 2. The zero-order chi connectivity index (χ0) is 13.4. The van der Waals surface area contributed by atoms with Crippen LogP contribution in [0.15, 0.2) is 22.7 Å². The quantitative estimate of drug-likeness (QED) is 0.944. The van der Waals surface area contributed by atoms with E-state index in [0.717, 1.165) is 46.7 Å². The van der Waals surface area contributed by atoms with Crippen LogP contribution in [-0.2, 0) is 20.0 Å². The smallest absolute Gasteiger partial charge is 0.122 e. The Balaban J connectivity index is 2.05. The van der Waals surface area contributed by atoms with Crippen LogP contribution >= 0.6 is 15.9 Å². The summed E-state index contributed by atoms with van der Waals surface area (Å²) in [5.41, 5.74) is 4.54. The molecule has 2 heterocycles. The van der Waals surface area contributed by atoms with Crippen molar-refractivity contribution in [1.29, 1.82) is 0 Å². The largest absolute Gasteiger partial charge is 0.493 e. The van der Waals surface area contributed by atoms with Crippen LogP contribution in [0.5, 0.6) is 5.75 Å². The number of nitrogens with zero attached hydrogens (tertiary/aromatic N) is 2. The molecule has 0 unspecified atom stereocenters. The maximum atomic E-state index is 5.54. The number of halogens is 1. The Labute approximate surface area is 120 Å². The minimum Gasteiger partial charge on any atom is -0.493 e. The molecule has 0 spiro atoms. The summed E-state index contributed by atoms with van der Waals surface area (Å²) in [5.74, 6) is 1.01. The monoisotopic (exact) mass is 321 g/mol. The van der Waals surface area contributed by atoms with Crippen LogP contribution in [0.1, 0.15) is 11.3 Å². The number of benzene rings is 1. The Morgan fingerprint density at radius 1 is 1.47 bits per heavy atom. The highest BCUT2D eigenvalue weighted by atomic mass is 79.9. The van der Waals surface area contributed by atoms with Crippen LogP contribution < -0.4 is 10.1 Å². The first kappa shape index (κ1) is 12.7. The van der Waals surface area contributed by atoms with E-state index in [-0.39, 0.29) is 0 Å².